The highest BCUT2D eigenvalue weighted by atomic mass is 79.9. The molecule has 22 heavy (non-hydrogen) atoms. The molecule has 2 rings (SSSR count). The van der Waals surface area contributed by atoms with Crippen molar-refractivity contribution in [3.05, 3.63) is 57.8 Å². The molecule has 1 N–H and O–H groups in total. The van der Waals surface area contributed by atoms with E-state index in [-0.39, 0.29) is 11.9 Å². The average Bonchev–Trinajstić information content (AvgIpc) is 2.88. The van der Waals surface area contributed by atoms with Crippen LogP contribution < -0.4 is 5.32 Å². The molecule has 2 aromatic rings. The molecule has 0 aliphatic carbocycles. The normalized spacial score (nSPS) is 11.0. The topological polar surface area (TPSA) is 43.3 Å². The fourth-order valence-electron chi connectivity index (χ4n) is 2.32. The molecule has 118 valence electrons. The van der Waals surface area contributed by atoms with Crippen LogP contribution in [-0.4, -0.2) is 17.6 Å². The molecular weight excluding hydrogens is 344 g/mol. The van der Waals surface area contributed by atoms with E-state index in [0.717, 1.165) is 15.6 Å². The number of carbonyl (C=O) groups is 1. The number of aromatic nitrogens is 1. The second kappa shape index (κ2) is 7.61. The minimum absolute atomic E-state index is 0.0726. The zero-order valence-electron chi connectivity index (χ0n) is 13.1. The summed E-state index contributed by atoms with van der Waals surface area (Å²) in [6, 6.07) is 10.1. The van der Waals surface area contributed by atoms with E-state index in [1.165, 1.54) is 0 Å². The lowest BCUT2D eigenvalue weighted by Crippen LogP contribution is -2.25. The number of rotatable bonds is 6. The molecule has 0 fully saturated rings. The molecule has 0 radical (unpaired) electrons. The number of carbonyl (C=O) groups excluding carboxylic acids is 1. The summed E-state index contributed by atoms with van der Waals surface area (Å²) in [7, 11) is 1.67. The van der Waals surface area contributed by atoms with Gasteiger partial charge in [-0.25, -0.2) is 0 Å². The molecule has 1 heterocycles. The Hall–Kier alpha value is -1.59. The molecule has 5 heteroatoms. The Labute approximate surface area is 139 Å². The van der Waals surface area contributed by atoms with Gasteiger partial charge in [-0.1, -0.05) is 24.3 Å². The Morgan fingerprint density at radius 2 is 2.05 bits per heavy atom. The number of benzene rings is 1. The minimum Gasteiger partial charge on any atom is -0.380 e. The van der Waals surface area contributed by atoms with Gasteiger partial charge in [-0.05, 0) is 47.0 Å². The van der Waals surface area contributed by atoms with Gasteiger partial charge in [0.15, 0.2) is 0 Å². The summed E-state index contributed by atoms with van der Waals surface area (Å²) in [5.74, 6) is -0.0726. The van der Waals surface area contributed by atoms with Crippen molar-refractivity contribution in [2.75, 3.05) is 7.11 Å². The molecule has 0 aliphatic rings. The molecule has 4 nitrogen and oxygen atoms in total. The number of hydrogen-bond acceptors (Lipinski definition) is 2. The lowest BCUT2D eigenvalue weighted by atomic mass is 10.1. The highest BCUT2D eigenvalue weighted by Gasteiger charge is 2.14. The first-order chi connectivity index (χ1) is 10.5. The molecule has 0 bridgehead atoms. The smallest absolute Gasteiger partial charge is 0.268 e. The first-order valence-corrected chi connectivity index (χ1v) is 8.03. The van der Waals surface area contributed by atoms with E-state index in [0.29, 0.717) is 18.8 Å². The van der Waals surface area contributed by atoms with E-state index in [9.17, 15) is 4.79 Å². The van der Waals surface area contributed by atoms with Crippen LogP contribution >= 0.6 is 15.9 Å². The van der Waals surface area contributed by atoms with Crippen molar-refractivity contribution in [2.24, 2.45) is 0 Å². The fourth-order valence-corrected chi connectivity index (χ4v) is 2.76. The van der Waals surface area contributed by atoms with Crippen LogP contribution in [-0.2, 0) is 17.9 Å². The lowest BCUT2D eigenvalue weighted by molar-refractivity contribution is 0.0940. The van der Waals surface area contributed by atoms with E-state index in [2.05, 4.69) is 35.1 Å². The van der Waals surface area contributed by atoms with Crippen molar-refractivity contribution in [2.45, 2.75) is 33.0 Å². The van der Waals surface area contributed by atoms with Crippen LogP contribution in [0, 0.1) is 0 Å². The molecule has 1 amide bonds. The van der Waals surface area contributed by atoms with Crippen molar-refractivity contribution in [1.82, 2.24) is 9.88 Å². The Morgan fingerprint density at radius 1 is 1.32 bits per heavy atom. The number of nitrogens with one attached hydrogen (secondary N) is 1. The highest BCUT2D eigenvalue weighted by molar-refractivity contribution is 9.10. The molecule has 1 aromatic heterocycles. The van der Waals surface area contributed by atoms with E-state index < -0.39 is 0 Å². The number of hydrogen-bond donors (Lipinski definition) is 1. The summed E-state index contributed by atoms with van der Waals surface area (Å²) in [5.41, 5.74) is 2.82. The van der Waals surface area contributed by atoms with Gasteiger partial charge >= 0.3 is 0 Å². The van der Waals surface area contributed by atoms with Crippen LogP contribution in [0.3, 0.4) is 0 Å². The van der Waals surface area contributed by atoms with Crippen LogP contribution in [0.15, 0.2) is 41.0 Å². The second-order valence-corrected chi connectivity index (χ2v) is 6.40. The number of halogens is 1. The van der Waals surface area contributed by atoms with Crippen LogP contribution in [0.25, 0.3) is 0 Å². The first-order valence-electron chi connectivity index (χ1n) is 7.23. The molecule has 0 saturated heterocycles. The summed E-state index contributed by atoms with van der Waals surface area (Å²) in [5, 5.41) is 2.97. The van der Waals surface area contributed by atoms with E-state index >= 15 is 0 Å². The molecule has 0 atom stereocenters. The quantitative estimate of drug-likeness (QED) is 0.844. The van der Waals surface area contributed by atoms with Crippen molar-refractivity contribution in [1.29, 1.82) is 0 Å². The third-order valence-corrected chi connectivity index (χ3v) is 3.79. The predicted octanol–water partition coefficient (Wildman–Crippen LogP) is 3.91. The lowest BCUT2D eigenvalue weighted by Gasteiger charge is -2.13. The van der Waals surface area contributed by atoms with Gasteiger partial charge in [0.25, 0.3) is 5.91 Å². The third kappa shape index (κ3) is 4.21. The van der Waals surface area contributed by atoms with Gasteiger partial charge in [-0.15, -0.1) is 0 Å². The number of nitrogens with zero attached hydrogens (tertiary/aromatic N) is 1. The molecule has 0 unspecified atom stereocenters. The summed E-state index contributed by atoms with van der Waals surface area (Å²) >= 11 is 3.43. The van der Waals surface area contributed by atoms with Gasteiger partial charge < -0.3 is 14.6 Å². The molecule has 0 spiro atoms. The van der Waals surface area contributed by atoms with Crippen LogP contribution in [0.5, 0.6) is 0 Å². The number of ether oxygens (including phenoxy) is 1. The average molecular weight is 365 g/mol. The van der Waals surface area contributed by atoms with Crippen molar-refractivity contribution in [3.63, 3.8) is 0 Å². The van der Waals surface area contributed by atoms with Gasteiger partial charge in [0.2, 0.25) is 0 Å². The SMILES string of the molecule is COCc1cccc(CNC(=O)c2cc(Br)cn2C(C)C)c1. The van der Waals surface area contributed by atoms with Crippen molar-refractivity contribution < 1.29 is 9.53 Å². The predicted molar refractivity (Wildman–Crippen MR) is 90.8 cm³/mol. The third-order valence-electron chi connectivity index (χ3n) is 3.36. The van der Waals surface area contributed by atoms with Crippen LogP contribution in [0.1, 0.15) is 41.5 Å². The molecule has 0 saturated carbocycles. The number of methoxy groups -OCH3 is 1. The summed E-state index contributed by atoms with van der Waals surface area (Å²) in [6.07, 6.45) is 1.93. The first kappa shape index (κ1) is 16.8. The summed E-state index contributed by atoms with van der Waals surface area (Å²) in [6.45, 7) is 5.18. The Balaban J connectivity index is 2.05. The monoisotopic (exact) mass is 364 g/mol. The molecule has 0 aliphatic heterocycles. The number of amides is 1. The Bertz CT molecular complexity index is 650. The van der Waals surface area contributed by atoms with E-state index in [1.807, 2.05) is 41.1 Å². The van der Waals surface area contributed by atoms with E-state index in [4.69, 9.17) is 4.74 Å². The van der Waals surface area contributed by atoms with Gasteiger partial charge in [-0.3, -0.25) is 4.79 Å². The molecular formula is C17H21BrN2O2. The zero-order valence-corrected chi connectivity index (χ0v) is 14.7. The second-order valence-electron chi connectivity index (χ2n) is 5.48. The van der Waals surface area contributed by atoms with Crippen LogP contribution in [0.2, 0.25) is 0 Å². The van der Waals surface area contributed by atoms with E-state index in [1.54, 1.807) is 7.11 Å². The maximum absolute atomic E-state index is 12.4. The van der Waals surface area contributed by atoms with Gasteiger partial charge in [-0.2, -0.15) is 0 Å². The Morgan fingerprint density at radius 3 is 2.73 bits per heavy atom. The van der Waals surface area contributed by atoms with Gasteiger partial charge in [0, 0.05) is 30.4 Å². The standard InChI is InChI=1S/C17H21BrN2O2/c1-12(2)20-10-15(18)8-16(20)17(21)19-9-13-5-4-6-14(7-13)11-22-3/h4-8,10,12H,9,11H2,1-3H3,(H,19,21). The zero-order chi connectivity index (χ0) is 16.1. The van der Waals surface area contributed by atoms with Crippen molar-refractivity contribution >= 4 is 21.8 Å². The largest absolute Gasteiger partial charge is 0.380 e. The highest BCUT2D eigenvalue weighted by Crippen LogP contribution is 2.19. The minimum atomic E-state index is -0.0726. The summed E-state index contributed by atoms with van der Waals surface area (Å²) in [4.78, 5) is 12.4. The fraction of sp³-hybridized carbons (Fsp3) is 0.353. The summed E-state index contributed by atoms with van der Waals surface area (Å²) < 4.78 is 8.00. The van der Waals surface area contributed by atoms with Crippen LogP contribution in [0.4, 0.5) is 0 Å². The van der Waals surface area contributed by atoms with Crippen molar-refractivity contribution in [3.8, 4) is 0 Å². The maximum atomic E-state index is 12.4. The van der Waals surface area contributed by atoms with Gasteiger partial charge in [0.1, 0.15) is 5.69 Å². The molecule has 1 aromatic carbocycles. The van der Waals surface area contributed by atoms with Gasteiger partial charge in [0.05, 0.1) is 6.61 Å². The Kier molecular flexibility index (Phi) is 5.80. The maximum Gasteiger partial charge on any atom is 0.268 e.